The zero-order valence-corrected chi connectivity index (χ0v) is 12.5. The molecule has 0 fully saturated rings. The van der Waals surface area contributed by atoms with Gasteiger partial charge >= 0.3 is 0 Å². The highest BCUT2D eigenvalue weighted by molar-refractivity contribution is 14.1. The van der Waals surface area contributed by atoms with Gasteiger partial charge in [0.1, 0.15) is 0 Å². The van der Waals surface area contributed by atoms with Gasteiger partial charge in [-0.2, -0.15) is 0 Å². The van der Waals surface area contributed by atoms with Gasteiger partial charge in [0.2, 0.25) is 0 Å². The summed E-state index contributed by atoms with van der Waals surface area (Å²) >= 11 is 2.32. The predicted octanol–water partition coefficient (Wildman–Crippen LogP) is 3.35. The van der Waals surface area contributed by atoms with Crippen LogP contribution in [-0.2, 0) is 6.42 Å². The number of nitrogens with one attached hydrogen (secondary N) is 1. The van der Waals surface area contributed by atoms with Gasteiger partial charge < -0.3 is 0 Å². The maximum absolute atomic E-state index is 5.68. The van der Waals surface area contributed by atoms with Gasteiger partial charge in [0, 0.05) is 3.57 Å². The van der Waals surface area contributed by atoms with Crippen LogP contribution >= 0.6 is 22.6 Å². The SMILES string of the molecule is Cc1ccc(CC(NN)c2cccc(I)c2)cc1. The lowest BCUT2D eigenvalue weighted by molar-refractivity contribution is 0.551. The third kappa shape index (κ3) is 3.54. The van der Waals surface area contributed by atoms with Crippen LogP contribution in [0.3, 0.4) is 0 Å². The molecule has 3 N–H and O–H groups in total. The number of hydrogen-bond donors (Lipinski definition) is 2. The van der Waals surface area contributed by atoms with Gasteiger partial charge in [0.05, 0.1) is 6.04 Å². The molecule has 0 saturated carbocycles. The Balaban J connectivity index is 2.17. The zero-order chi connectivity index (χ0) is 13.0. The Bertz CT molecular complexity index is 508. The first-order chi connectivity index (χ1) is 8.69. The first-order valence-electron chi connectivity index (χ1n) is 5.96. The van der Waals surface area contributed by atoms with Gasteiger partial charge in [0.25, 0.3) is 0 Å². The number of aryl methyl sites for hydroxylation is 1. The summed E-state index contributed by atoms with van der Waals surface area (Å²) in [4.78, 5) is 0. The van der Waals surface area contributed by atoms with Crippen molar-refractivity contribution in [3.63, 3.8) is 0 Å². The molecule has 0 aliphatic heterocycles. The molecule has 18 heavy (non-hydrogen) atoms. The van der Waals surface area contributed by atoms with Gasteiger partial charge in [-0.3, -0.25) is 11.3 Å². The van der Waals surface area contributed by atoms with Crippen molar-refractivity contribution < 1.29 is 0 Å². The standard InChI is InChI=1S/C15H17IN2/c1-11-5-7-12(8-6-11)9-15(18-17)13-3-2-4-14(16)10-13/h2-8,10,15,18H,9,17H2,1H3. The minimum absolute atomic E-state index is 0.155. The van der Waals surface area contributed by atoms with E-state index in [1.165, 1.54) is 20.3 Å². The normalized spacial score (nSPS) is 12.4. The molecule has 2 aromatic rings. The molecule has 0 bridgehead atoms. The molecule has 0 heterocycles. The van der Waals surface area contributed by atoms with Crippen molar-refractivity contribution >= 4 is 22.6 Å². The molecule has 1 atom stereocenters. The van der Waals surface area contributed by atoms with E-state index in [1.54, 1.807) is 0 Å². The van der Waals surface area contributed by atoms with Crippen molar-refractivity contribution in [3.05, 3.63) is 68.8 Å². The van der Waals surface area contributed by atoms with Crippen molar-refractivity contribution in [1.29, 1.82) is 0 Å². The number of hydrazine groups is 1. The average Bonchev–Trinajstić information content (AvgIpc) is 2.38. The summed E-state index contributed by atoms with van der Waals surface area (Å²) < 4.78 is 1.23. The topological polar surface area (TPSA) is 38.0 Å². The van der Waals surface area contributed by atoms with E-state index in [0.717, 1.165) is 6.42 Å². The van der Waals surface area contributed by atoms with Crippen LogP contribution in [0.1, 0.15) is 22.7 Å². The highest BCUT2D eigenvalue weighted by Crippen LogP contribution is 2.20. The van der Waals surface area contributed by atoms with E-state index in [-0.39, 0.29) is 6.04 Å². The van der Waals surface area contributed by atoms with E-state index >= 15 is 0 Å². The molecule has 0 aliphatic rings. The quantitative estimate of drug-likeness (QED) is 0.503. The Hall–Kier alpha value is -0.910. The lowest BCUT2D eigenvalue weighted by atomic mass is 9.99. The second kappa shape index (κ2) is 6.31. The van der Waals surface area contributed by atoms with Gasteiger partial charge in [-0.25, -0.2) is 0 Å². The van der Waals surface area contributed by atoms with Crippen LogP contribution in [0.4, 0.5) is 0 Å². The summed E-state index contributed by atoms with van der Waals surface area (Å²) in [6.07, 6.45) is 0.900. The number of benzene rings is 2. The molecule has 3 heteroatoms. The van der Waals surface area contributed by atoms with Crippen molar-refractivity contribution in [2.24, 2.45) is 5.84 Å². The van der Waals surface area contributed by atoms with Crippen LogP contribution in [0.25, 0.3) is 0 Å². The fraction of sp³-hybridized carbons (Fsp3) is 0.200. The second-order valence-electron chi connectivity index (χ2n) is 4.46. The Morgan fingerprint density at radius 3 is 2.50 bits per heavy atom. The van der Waals surface area contributed by atoms with Gasteiger partial charge in [-0.1, -0.05) is 42.0 Å². The molecular formula is C15H17IN2. The van der Waals surface area contributed by atoms with E-state index in [2.05, 4.69) is 83.5 Å². The largest absolute Gasteiger partial charge is 0.271 e. The number of rotatable bonds is 4. The summed E-state index contributed by atoms with van der Waals surface area (Å²) in [5.41, 5.74) is 6.71. The van der Waals surface area contributed by atoms with Crippen LogP contribution in [0, 0.1) is 10.5 Å². The number of hydrogen-bond acceptors (Lipinski definition) is 2. The monoisotopic (exact) mass is 352 g/mol. The minimum atomic E-state index is 0.155. The van der Waals surface area contributed by atoms with E-state index in [9.17, 15) is 0 Å². The Kier molecular flexibility index (Phi) is 4.74. The van der Waals surface area contributed by atoms with Gasteiger partial charge in [-0.05, 0) is 59.2 Å². The molecule has 94 valence electrons. The van der Waals surface area contributed by atoms with E-state index in [4.69, 9.17) is 5.84 Å². The molecular weight excluding hydrogens is 335 g/mol. The van der Waals surface area contributed by atoms with Crippen molar-refractivity contribution in [3.8, 4) is 0 Å². The van der Waals surface area contributed by atoms with Crippen LogP contribution in [-0.4, -0.2) is 0 Å². The van der Waals surface area contributed by atoms with Crippen LogP contribution in [0.2, 0.25) is 0 Å². The van der Waals surface area contributed by atoms with Crippen LogP contribution in [0.15, 0.2) is 48.5 Å². The third-order valence-electron chi connectivity index (χ3n) is 3.01. The van der Waals surface area contributed by atoms with Crippen LogP contribution in [0.5, 0.6) is 0 Å². The summed E-state index contributed by atoms with van der Waals surface area (Å²) in [7, 11) is 0. The molecule has 0 saturated heterocycles. The first kappa shape index (κ1) is 13.5. The second-order valence-corrected chi connectivity index (χ2v) is 5.71. The molecule has 2 aromatic carbocycles. The zero-order valence-electron chi connectivity index (χ0n) is 10.4. The molecule has 0 spiro atoms. The average molecular weight is 352 g/mol. The lowest BCUT2D eigenvalue weighted by Crippen LogP contribution is -2.29. The van der Waals surface area contributed by atoms with Gasteiger partial charge in [-0.15, -0.1) is 0 Å². The first-order valence-corrected chi connectivity index (χ1v) is 7.04. The Morgan fingerprint density at radius 2 is 1.89 bits per heavy atom. The fourth-order valence-electron chi connectivity index (χ4n) is 1.96. The van der Waals surface area contributed by atoms with Crippen molar-refractivity contribution in [2.75, 3.05) is 0 Å². The Morgan fingerprint density at radius 1 is 1.17 bits per heavy atom. The van der Waals surface area contributed by atoms with Crippen molar-refractivity contribution in [2.45, 2.75) is 19.4 Å². The van der Waals surface area contributed by atoms with E-state index in [0.29, 0.717) is 0 Å². The van der Waals surface area contributed by atoms with E-state index in [1.807, 2.05) is 0 Å². The highest BCUT2D eigenvalue weighted by Gasteiger charge is 2.10. The molecule has 1 unspecified atom stereocenters. The molecule has 0 aromatic heterocycles. The lowest BCUT2D eigenvalue weighted by Gasteiger charge is -2.17. The summed E-state index contributed by atoms with van der Waals surface area (Å²) in [5, 5.41) is 0. The molecule has 0 aliphatic carbocycles. The molecule has 0 amide bonds. The van der Waals surface area contributed by atoms with Gasteiger partial charge in [0.15, 0.2) is 0 Å². The third-order valence-corrected chi connectivity index (χ3v) is 3.68. The molecule has 2 nitrogen and oxygen atoms in total. The summed E-state index contributed by atoms with van der Waals surface area (Å²) in [5.74, 6) is 5.68. The summed E-state index contributed by atoms with van der Waals surface area (Å²) in [6, 6.07) is 17.2. The number of halogens is 1. The smallest absolute Gasteiger partial charge is 0.0500 e. The molecule has 2 rings (SSSR count). The fourth-order valence-corrected chi connectivity index (χ4v) is 2.52. The predicted molar refractivity (Wildman–Crippen MR) is 84.1 cm³/mol. The van der Waals surface area contributed by atoms with Crippen LogP contribution < -0.4 is 11.3 Å². The highest BCUT2D eigenvalue weighted by atomic mass is 127. The summed E-state index contributed by atoms with van der Waals surface area (Å²) in [6.45, 7) is 2.10. The maximum Gasteiger partial charge on any atom is 0.0500 e. The molecule has 0 radical (unpaired) electrons. The minimum Gasteiger partial charge on any atom is -0.271 e. The maximum atomic E-state index is 5.68. The Labute approximate surface area is 122 Å². The van der Waals surface area contributed by atoms with E-state index < -0.39 is 0 Å². The number of nitrogens with two attached hydrogens (primary N) is 1. The van der Waals surface area contributed by atoms with Crippen molar-refractivity contribution in [1.82, 2.24) is 5.43 Å².